The van der Waals surface area contributed by atoms with Gasteiger partial charge < -0.3 is 16.2 Å². The van der Waals surface area contributed by atoms with Gasteiger partial charge in [0, 0.05) is 0 Å². The summed E-state index contributed by atoms with van der Waals surface area (Å²) >= 11 is 0. The molecule has 1 unspecified atom stereocenters. The van der Waals surface area contributed by atoms with Gasteiger partial charge in [-0.1, -0.05) is 0 Å². The van der Waals surface area contributed by atoms with E-state index in [1.807, 2.05) is 0 Å². The van der Waals surface area contributed by atoms with Crippen LogP contribution in [-0.2, 0) is 9.59 Å². The van der Waals surface area contributed by atoms with Crippen LogP contribution in [0.3, 0.4) is 0 Å². The van der Waals surface area contributed by atoms with Crippen LogP contribution < -0.4 is 11.1 Å². The van der Waals surface area contributed by atoms with Crippen LogP contribution in [0.5, 0.6) is 0 Å². The van der Waals surface area contributed by atoms with E-state index in [1.165, 1.54) is 0 Å². The van der Waals surface area contributed by atoms with Crippen molar-refractivity contribution in [2.45, 2.75) is 25.4 Å². The molecule has 0 radical (unpaired) electrons. The Morgan fingerprint density at radius 1 is 1.60 bits per heavy atom. The van der Waals surface area contributed by atoms with Crippen LogP contribution in [0.1, 0.15) is 13.8 Å². The summed E-state index contributed by atoms with van der Waals surface area (Å²) in [7, 11) is 0. The first-order valence-corrected chi connectivity index (χ1v) is 4.38. The van der Waals surface area contributed by atoms with Crippen LogP contribution in [0, 0.1) is 0 Å². The summed E-state index contributed by atoms with van der Waals surface area (Å²) in [5, 5.41) is 11.0. The van der Waals surface area contributed by atoms with E-state index in [-0.39, 0.29) is 6.54 Å². The van der Waals surface area contributed by atoms with E-state index in [9.17, 15) is 14.4 Å². The van der Waals surface area contributed by atoms with E-state index in [0.29, 0.717) is 0 Å². The molecule has 0 bridgehead atoms. The second-order valence-corrected chi connectivity index (χ2v) is 3.92. The third-order valence-corrected chi connectivity index (χ3v) is 2.14. The summed E-state index contributed by atoms with van der Waals surface area (Å²) in [4.78, 5) is 34.2. The molecule has 1 atom stereocenters. The van der Waals surface area contributed by atoms with Gasteiger partial charge in [-0.05, 0) is 13.8 Å². The predicted octanol–water partition coefficient (Wildman–Crippen LogP) is -1.27. The minimum atomic E-state index is -1.26. The molecule has 0 aromatic carbocycles. The summed E-state index contributed by atoms with van der Waals surface area (Å²) in [5.41, 5.74) is 4.25. The molecule has 0 saturated carbocycles. The standard InChI is InChI=1S/C8H13N3O4/c1-8(2)6(14)11(7(15)10-8)3-4(9)5(12)13/h4H,3,9H2,1-2H3,(H,10,15)(H,12,13). The molecule has 4 N–H and O–H groups in total. The van der Waals surface area contributed by atoms with Crippen molar-refractivity contribution in [2.75, 3.05) is 6.54 Å². The molecule has 7 heteroatoms. The average Bonchev–Trinajstić information content (AvgIpc) is 2.27. The number of aliphatic carboxylic acids is 1. The molecular weight excluding hydrogens is 202 g/mol. The van der Waals surface area contributed by atoms with Crippen molar-refractivity contribution in [2.24, 2.45) is 5.73 Å². The number of hydrogen-bond donors (Lipinski definition) is 3. The fraction of sp³-hybridized carbons (Fsp3) is 0.625. The lowest BCUT2D eigenvalue weighted by Crippen LogP contribution is -2.46. The zero-order valence-electron chi connectivity index (χ0n) is 8.48. The smallest absolute Gasteiger partial charge is 0.325 e. The third-order valence-electron chi connectivity index (χ3n) is 2.14. The zero-order chi connectivity index (χ0) is 11.8. The molecule has 0 aromatic heterocycles. The lowest BCUT2D eigenvalue weighted by atomic mass is 10.1. The molecule has 0 spiro atoms. The van der Waals surface area contributed by atoms with Crippen LogP contribution in [0.15, 0.2) is 0 Å². The second kappa shape index (κ2) is 3.50. The maximum atomic E-state index is 11.6. The first-order valence-electron chi connectivity index (χ1n) is 4.38. The number of nitrogens with two attached hydrogens (primary N) is 1. The molecule has 1 aliphatic heterocycles. The Morgan fingerprint density at radius 3 is 2.47 bits per heavy atom. The highest BCUT2D eigenvalue weighted by Crippen LogP contribution is 2.16. The van der Waals surface area contributed by atoms with Gasteiger partial charge in [-0.3, -0.25) is 14.5 Å². The van der Waals surface area contributed by atoms with E-state index in [0.717, 1.165) is 4.90 Å². The van der Waals surface area contributed by atoms with Crippen molar-refractivity contribution < 1.29 is 19.5 Å². The molecular formula is C8H13N3O4. The van der Waals surface area contributed by atoms with E-state index in [1.54, 1.807) is 13.8 Å². The molecule has 15 heavy (non-hydrogen) atoms. The van der Waals surface area contributed by atoms with E-state index < -0.39 is 29.5 Å². The number of amides is 3. The molecule has 7 nitrogen and oxygen atoms in total. The molecule has 1 heterocycles. The monoisotopic (exact) mass is 215 g/mol. The Kier molecular flexibility index (Phi) is 2.67. The number of carbonyl (C=O) groups excluding carboxylic acids is 2. The van der Waals surface area contributed by atoms with Gasteiger partial charge in [-0.2, -0.15) is 0 Å². The number of carbonyl (C=O) groups is 3. The normalized spacial score (nSPS) is 21.4. The van der Waals surface area contributed by atoms with Gasteiger partial charge in [-0.25, -0.2) is 4.79 Å². The molecule has 1 aliphatic rings. The summed E-state index contributed by atoms with van der Waals surface area (Å²) in [6.45, 7) is 2.77. The van der Waals surface area contributed by atoms with Crippen molar-refractivity contribution in [1.29, 1.82) is 0 Å². The molecule has 0 aliphatic carbocycles. The number of hydrogen-bond acceptors (Lipinski definition) is 4. The Labute approximate surface area is 86.2 Å². The number of carboxylic acid groups (broad SMARTS) is 1. The summed E-state index contributed by atoms with van der Waals surface area (Å²) < 4.78 is 0. The molecule has 1 rings (SSSR count). The molecule has 1 saturated heterocycles. The van der Waals surface area contributed by atoms with Crippen LogP contribution in [-0.4, -0.2) is 46.0 Å². The minimum Gasteiger partial charge on any atom is -0.480 e. The van der Waals surface area contributed by atoms with E-state index in [4.69, 9.17) is 10.8 Å². The Hall–Kier alpha value is -1.63. The Bertz CT molecular complexity index is 326. The predicted molar refractivity (Wildman–Crippen MR) is 49.9 cm³/mol. The molecule has 1 fully saturated rings. The highest BCUT2D eigenvalue weighted by Gasteiger charge is 2.45. The lowest BCUT2D eigenvalue weighted by Gasteiger charge is -2.17. The maximum Gasteiger partial charge on any atom is 0.325 e. The summed E-state index contributed by atoms with van der Waals surface area (Å²) in [5.74, 6) is -1.72. The fourth-order valence-electron chi connectivity index (χ4n) is 1.26. The van der Waals surface area contributed by atoms with Gasteiger partial charge >= 0.3 is 12.0 Å². The fourth-order valence-corrected chi connectivity index (χ4v) is 1.26. The Balaban J connectivity index is 2.76. The quantitative estimate of drug-likeness (QED) is 0.508. The number of urea groups is 1. The highest BCUT2D eigenvalue weighted by molar-refractivity contribution is 6.06. The van der Waals surface area contributed by atoms with Crippen LogP contribution in [0.2, 0.25) is 0 Å². The van der Waals surface area contributed by atoms with Gasteiger partial charge in [0.25, 0.3) is 5.91 Å². The van der Waals surface area contributed by atoms with E-state index >= 15 is 0 Å². The van der Waals surface area contributed by atoms with Crippen LogP contribution in [0.25, 0.3) is 0 Å². The number of imide groups is 1. The van der Waals surface area contributed by atoms with Gasteiger partial charge in [0.05, 0.1) is 6.54 Å². The Morgan fingerprint density at radius 2 is 2.13 bits per heavy atom. The molecule has 84 valence electrons. The first-order chi connectivity index (χ1) is 6.75. The topological polar surface area (TPSA) is 113 Å². The maximum absolute atomic E-state index is 11.6. The van der Waals surface area contributed by atoms with Crippen molar-refractivity contribution >= 4 is 17.9 Å². The minimum absolute atomic E-state index is 0.316. The SMILES string of the molecule is CC1(C)NC(=O)N(CC(N)C(=O)O)C1=O. The zero-order valence-corrected chi connectivity index (χ0v) is 8.48. The van der Waals surface area contributed by atoms with Gasteiger partial charge in [-0.15, -0.1) is 0 Å². The summed E-state index contributed by atoms with van der Waals surface area (Å²) in [6, 6.07) is -1.87. The average molecular weight is 215 g/mol. The number of nitrogens with one attached hydrogen (secondary N) is 1. The van der Waals surface area contributed by atoms with Crippen molar-refractivity contribution in [1.82, 2.24) is 10.2 Å². The van der Waals surface area contributed by atoms with E-state index in [2.05, 4.69) is 5.32 Å². The summed E-state index contributed by atoms with van der Waals surface area (Å²) in [6.07, 6.45) is 0. The number of carboxylic acids is 1. The van der Waals surface area contributed by atoms with Gasteiger partial charge in [0.15, 0.2) is 0 Å². The van der Waals surface area contributed by atoms with Crippen LogP contribution in [0.4, 0.5) is 4.79 Å². The third kappa shape index (κ3) is 2.07. The second-order valence-electron chi connectivity index (χ2n) is 3.92. The van der Waals surface area contributed by atoms with Crippen molar-refractivity contribution in [3.63, 3.8) is 0 Å². The van der Waals surface area contributed by atoms with Gasteiger partial charge in [0.1, 0.15) is 11.6 Å². The van der Waals surface area contributed by atoms with Crippen molar-refractivity contribution in [3.8, 4) is 0 Å². The largest absolute Gasteiger partial charge is 0.480 e. The van der Waals surface area contributed by atoms with Crippen molar-refractivity contribution in [3.05, 3.63) is 0 Å². The lowest BCUT2D eigenvalue weighted by molar-refractivity contribution is -0.139. The number of rotatable bonds is 3. The van der Waals surface area contributed by atoms with Gasteiger partial charge in [0.2, 0.25) is 0 Å². The highest BCUT2D eigenvalue weighted by atomic mass is 16.4. The molecule has 0 aromatic rings. The van der Waals surface area contributed by atoms with Crippen LogP contribution >= 0.6 is 0 Å². The first kappa shape index (κ1) is 11.4. The molecule has 3 amide bonds. The number of nitrogens with zero attached hydrogens (tertiary/aromatic N) is 1.